The standard InChI is InChI=1S/C34H46N2/c1-6-8-10-17-27-21-29(26-15-11-9-12-16-26)25(4)33(20-24(27)3)36-19-13-18-31-30-23-35-32(30)22-28(14-7-2)34(31,36)5/h8-13,15-18,24,28,31,33,35H,6-7,14,19-23H2,1-5H3/b10-8-,27-17+. The van der Waals surface area contributed by atoms with Crippen LogP contribution in [0.15, 0.2) is 83.1 Å². The molecule has 5 unspecified atom stereocenters. The molecule has 0 radical (unpaired) electrons. The molecule has 0 spiro atoms. The van der Waals surface area contributed by atoms with Crippen molar-refractivity contribution >= 4 is 5.57 Å². The maximum Gasteiger partial charge on any atom is 0.0383 e. The van der Waals surface area contributed by atoms with Crippen LogP contribution in [0, 0.1) is 17.8 Å². The molecule has 2 heterocycles. The van der Waals surface area contributed by atoms with Crippen molar-refractivity contribution in [2.75, 3.05) is 13.1 Å². The smallest absolute Gasteiger partial charge is 0.0383 e. The molecule has 36 heavy (non-hydrogen) atoms. The Labute approximate surface area is 219 Å². The Kier molecular flexibility index (Phi) is 7.45. The molecule has 5 atom stereocenters. The van der Waals surface area contributed by atoms with Crippen LogP contribution < -0.4 is 5.32 Å². The van der Waals surface area contributed by atoms with Gasteiger partial charge in [-0.15, -0.1) is 0 Å². The molecule has 0 saturated heterocycles. The first-order chi connectivity index (χ1) is 17.5. The first-order valence-corrected chi connectivity index (χ1v) is 14.5. The second-order valence-electron chi connectivity index (χ2n) is 11.8. The number of nitrogens with zero attached hydrogens (tertiary/aromatic N) is 1. The fourth-order valence-corrected chi connectivity index (χ4v) is 7.58. The van der Waals surface area contributed by atoms with Crippen molar-refractivity contribution in [2.24, 2.45) is 17.8 Å². The largest absolute Gasteiger partial charge is 0.384 e. The van der Waals surface area contributed by atoms with Crippen molar-refractivity contribution < 1.29 is 0 Å². The van der Waals surface area contributed by atoms with Gasteiger partial charge in [-0.25, -0.2) is 0 Å². The number of benzene rings is 1. The molecule has 5 rings (SSSR count). The summed E-state index contributed by atoms with van der Waals surface area (Å²) in [6.07, 6.45) is 19.2. The van der Waals surface area contributed by atoms with Gasteiger partial charge in [-0.2, -0.15) is 0 Å². The average molecular weight is 483 g/mol. The van der Waals surface area contributed by atoms with Gasteiger partial charge in [0.25, 0.3) is 0 Å². The van der Waals surface area contributed by atoms with Crippen LogP contribution in [0.4, 0.5) is 0 Å². The first-order valence-electron chi connectivity index (χ1n) is 14.5. The highest BCUT2D eigenvalue weighted by molar-refractivity contribution is 5.72. The van der Waals surface area contributed by atoms with Gasteiger partial charge in [0.2, 0.25) is 0 Å². The lowest BCUT2D eigenvalue weighted by Crippen LogP contribution is -2.65. The van der Waals surface area contributed by atoms with Gasteiger partial charge in [-0.05, 0) is 74.5 Å². The van der Waals surface area contributed by atoms with Crippen molar-refractivity contribution in [1.82, 2.24) is 10.2 Å². The summed E-state index contributed by atoms with van der Waals surface area (Å²) < 4.78 is 0. The van der Waals surface area contributed by atoms with E-state index in [1.54, 1.807) is 28.0 Å². The van der Waals surface area contributed by atoms with Crippen LogP contribution >= 0.6 is 0 Å². The van der Waals surface area contributed by atoms with Gasteiger partial charge in [0.15, 0.2) is 0 Å². The Balaban J connectivity index is 1.60. The van der Waals surface area contributed by atoms with E-state index in [0.29, 0.717) is 23.8 Å². The van der Waals surface area contributed by atoms with E-state index in [-0.39, 0.29) is 5.54 Å². The highest BCUT2D eigenvalue weighted by atomic mass is 15.2. The van der Waals surface area contributed by atoms with E-state index < -0.39 is 0 Å². The molecule has 2 heteroatoms. The quantitative estimate of drug-likeness (QED) is 0.412. The predicted octanol–water partition coefficient (Wildman–Crippen LogP) is 8.08. The molecule has 0 saturated carbocycles. The summed E-state index contributed by atoms with van der Waals surface area (Å²) in [4.78, 5) is 2.96. The van der Waals surface area contributed by atoms with E-state index in [9.17, 15) is 0 Å². The minimum Gasteiger partial charge on any atom is -0.384 e. The monoisotopic (exact) mass is 482 g/mol. The zero-order chi connectivity index (χ0) is 25.3. The molecule has 2 aliphatic heterocycles. The Bertz CT molecular complexity index is 1100. The van der Waals surface area contributed by atoms with Crippen LogP contribution in [0.3, 0.4) is 0 Å². The van der Waals surface area contributed by atoms with E-state index >= 15 is 0 Å². The van der Waals surface area contributed by atoms with E-state index in [1.165, 1.54) is 31.2 Å². The maximum absolute atomic E-state index is 3.67. The van der Waals surface area contributed by atoms with Crippen LogP contribution in [0.2, 0.25) is 0 Å². The Hall–Kier alpha value is -2.32. The lowest BCUT2D eigenvalue weighted by atomic mass is 9.60. The fourth-order valence-electron chi connectivity index (χ4n) is 7.58. The van der Waals surface area contributed by atoms with Crippen molar-refractivity contribution in [3.8, 4) is 0 Å². The summed E-state index contributed by atoms with van der Waals surface area (Å²) in [5, 5.41) is 3.67. The zero-order valence-electron chi connectivity index (χ0n) is 23.2. The van der Waals surface area contributed by atoms with Crippen LogP contribution in [0.1, 0.15) is 78.7 Å². The van der Waals surface area contributed by atoms with Gasteiger partial charge in [0, 0.05) is 36.3 Å². The van der Waals surface area contributed by atoms with E-state index in [0.717, 1.165) is 25.9 Å². The normalized spacial score (nSPS) is 33.9. The number of rotatable bonds is 6. The summed E-state index contributed by atoms with van der Waals surface area (Å²) in [5.41, 5.74) is 9.53. The maximum atomic E-state index is 3.67. The number of allylic oxidation sites excluding steroid dienone is 6. The van der Waals surface area contributed by atoms with Gasteiger partial charge < -0.3 is 5.32 Å². The van der Waals surface area contributed by atoms with Gasteiger partial charge >= 0.3 is 0 Å². The van der Waals surface area contributed by atoms with E-state index in [2.05, 4.69) is 106 Å². The molecule has 0 amide bonds. The molecule has 1 aromatic rings. The van der Waals surface area contributed by atoms with E-state index in [4.69, 9.17) is 0 Å². The Morgan fingerprint density at radius 3 is 2.67 bits per heavy atom. The molecule has 2 aliphatic carbocycles. The highest BCUT2D eigenvalue weighted by Crippen LogP contribution is 2.53. The van der Waals surface area contributed by atoms with Crippen LogP contribution in [0.5, 0.6) is 0 Å². The van der Waals surface area contributed by atoms with Crippen molar-refractivity contribution in [1.29, 1.82) is 0 Å². The summed E-state index contributed by atoms with van der Waals surface area (Å²) in [6, 6.07) is 11.7. The molecule has 4 aliphatic rings. The van der Waals surface area contributed by atoms with Crippen LogP contribution in [-0.2, 0) is 0 Å². The number of fused-ring (bicyclic) bond motifs is 2. The number of nitrogens with one attached hydrogen (secondary N) is 1. The number of hydrogen-bond donors (Lipinski definition) is 1. The van der Waals surface area contributed by atoms with Crippen LogP contribution in [-0.4, -0.2) is 29.6 Å². The van der Waals surface area contributed by atoms with Gasteiger partial charge in [-0.3, -0.25) is 4.90 Å². The summed E-state index contributed by atoms with van der Waals surface area (Å²) in [7, 11) is 0. The summed E-state index contributed by atoms with van der Waals surface area (Å²) >= 11 is 0. The van der Waals surface area contributed by atoms with Crippen LogP contribution in [0.25, 0.3) is 5.57 Å². The third kappa shape index (κ3) is 4.36. The topological polar surface area (TPSA) is 15.3 Å². The molecule has 1 N–H and O–H groups in total. The van der Waals surface area contributed by atoms with Crippen molar-refractivity contribution in [2.45, 2.75) is 84.7 Å². The molecule has 0 aromatic heterocycles. The highest BCUT2D eigenvalue weighted by Gasteiger charge is 2.54. The molecule has 1 aromatic carbocycles. The molecular weight excluding hydrogens is 436 g/mol. The first kappa shape index (κ1) is 25.3. The number of hydrogen-bond acceptors (Lipinski definition) is 2. The SMILES string of the molecule is CC/C=C\C=C1/CC(c2ccccc2)=C(C)C(N2CC=CC3C4=C(CC(CCC)C32C)NC4)CC1C. The zero-order valence-corrected chi connectivity index (χ0v) is 23.2. The Morgan fingerprint density at radius 1 is 1.17 bits per heavy atom. The molecule has 2 nitrogen and oxygen atoms in total. The molecular formula is C34H46N2. The van der Waals surface area contributed by atoms with Crippen molar-refractivity contribution in [3.63, 3.8) is 0 Å². The third-order valence-electron chi connectivity index (χ3n) is 9.80. The second kappa shape index (κ2) is 10.6. The lowest BCUT2D eigenvalue weighted by Gasteiger charge is -2.60. The minimum absolute atomic E-state index is 0.176. The van der Waals surface area contributed by atoms with Crippen molar-refractivity contribution in [3.05, 3.63) is 88.7 Å². The van der Waals surface area contributed by atoms with Gasteiger partial charge in [0.1, 0.15) is 0 Å². The minimum atomic E-state index is 0.176. The second-order valence-corrected chi connectivity index (χ2v) is 11.8. The Morgan fingerprint density at radius 2 is 1.97 bits per heavy atom. The summed E-state index contributed by atoms with van der Waals surface area (Å²) in [5.74, 6) is 1.80. The lowest BCUT2D eigenvalue weighted by molar-refractivity contribution is -0.0206. The molecule has 0 fully saturated rings. The fraction of sp³-hybridized carbons (Fsp3) is 0.529. The summed E-state index contributed by atoms with van der Waals surface area (Å²) in [6.45, 7) is 14.3. The van der Waals surface area contributed by atoms with E-state index in [1.807, 2.05) is 0 Å². The van der Waals surface area contributed by atoms with Gasteiger partial charge in [-0.1, -0.05) is 99.1 Å². The molecule has 0 bridgehead atoms. The van der Waals surface area contributed by atoms with Gasteiger partial charge in [0.05, 0.1) is 0 Å². The predicted molar refractivity (Wildman–Crippen MR) is 155 cm³/mol. The third-order valence-corrected chi connectivity index (χ3v) is 9.80. The molecule has 192 valence electrons. The average Bonchev–Trinajstić information content (AvgIpc) is 2.98.